The van der Waals surface area contributed by atoms with Crippen LogP contribution in [-0.2, 0) is 4.79 Å². The molecule has 1 nitrogen and oxygen atoms in total. The fraction of sp³-hybridized carbons (Fsp3) is 0.250. The van der Waals surface area contributed by atoms with Crippen molar-refractivity contribution in [3.8, 4) is 0 Å². The van der Waals surface area contributed by atoms with E-state index in [1.165, 1.54) is 11.1 Å². The summed E-state index contributed by atoms with van der Waals surface area (Å²) in [6.07, 6.45) is 3.49. The minimum absolute atomic E-state index is 0.0858. The molecule has 13 heavy (non-hydrogen) atoms. The largest absolute Gasteiger partial charge is 0.295 e. The van der Waals surface area contributed by atoms with Crippen LogP contribution in [0.4, 0.5) is 0 Å². The van der Waals surface area contributed by atoms with Gasteiger partial charge in [0, 0.05) is 0 Å². The smallest absolute Gasteiger partial charge is 0.152 e. The number of carbonyl (C=O) groups excluding carboxylic acids is 1. The Labute approximate surface area is 79.1 Å². The Balaban J connectivity index is 3.06. The van der Waals surface area contributed by atoms with Crippen molar-refractivity contribution in [2.75, 3.05) is 0 Å². The number of hydrogen-bond acceptors (Lipinski definition) is 1. The number of aryl methyl sites for hydroxylation is 2. The predicted octanol–water partition coefficient (Wildman–Crippen LogP) is 2.91. The van der Waals surface area contributed by atoms with Crippen molar-refractivity contribution in [3.05, 3.63) is 41.0 Å². The maximum absolute atomic E-state index is 10.8. The molecule has 0 unspecified atom stereocenters. The monoisotopic (exact) mass is 174 g/mol. The zero-order valence-corrected chi connectivity index (χ0v) is 8.29. The van der Waals surface area contributed by atoms with Gasteiger partial charge in [-0.25, -0.2) is 0 Å². The van der Waals surface area contributed by atoms with Gasteiger partial charge in [-0.3, -0.25) is 4.79 Å². The molecule has 1 heteroatoms. The molecule has 0 aliphatic heterocycles. The molecule has 0 saturated carbocycles. The summed E-state index contributed by atoms with van der Waals surface area (Å²) in [7, 11) is 0. The summed E-state index contributed by atoms with van der Waals surface area (Å²) in [6, 6.07) is 6.12. The van der Waals surface area contributed by atoms with Crippen LogP contribution in [0.2, 0.25) is 0 Å². The lowest BCUT2D eigenvalue weighted by molar-refractivity contribution is -0.112. The van der Waals surface area contributed by atoms with E-state index in [-0.39, 0.29) is 5.78 Å². The lowest BCUT2D eigenvalue weighted by Gasteiger charge is -2.03. The quantitative estimate of drug-likeness (QED) is 0.630. The molecule has 1 aromatic carbocycles. The van der Waals surface area contributed by atoms with Gasteiger partial charge in [0.15, 0.2) is 5.78 Å². The van der Waals surface area contributed by atoms with Crippen molar-refractivity contribution in [1.29, 1.82) is 0 Å². The molecule has 0 bridgehead atoms. The molecule has 0 aromatic heterocycles. The van der Waals surface area contributed by atoms with Gasteiger partial charge in [0.2, 0.25) is 0 Å². The average Bonchev–Trinajstić information content (AvgIpc) is 2.03. The zero-order chi connectivity index (χ0) is 9.84. The van der Waals surface area contributed by atoms with E-state index in [4.69, 9.17) is 0 Å². The molecule has 1 rings (SSSR count). The minimum atomic E-state index is 0.0858. The van der Waals surface area contributed by atoms with Crippen LogP contribution in [0, 0.1) is 13.8 Å². The summed E-state index contributed by atoms with van der Waals surface area (Å²) >= 11 is 0. The minimum Gasteiger partial charge on any atom is -0.295 e. The molecule has 0 spiro atoms. The van der Waals surface area contributed by atoms with Crippen molar-refractivity contribution >= 4 is 11.9 Å². The Morgan fingerprint density at radius 2 is 1.77 bits per heavy atom. The summed E-state index contributed by atoms with van der Waals surface area (Å²) in [5.41, 5.74) is 3.56. The Morgan fingerprint density at radius 3 is 2.23 bits per heavy atom. The third-order valence-corrected chi connectivity index (χ3v) is 2.03. The predicted molar refractivity (Wildman–Crippen MR) is 55.6 cm³/mol. The van der Waals surface area contributed by atoms with Crippen molar-refractivity contribution < 1.29 is 4.79 Å². The summed E-state index contributed by atoms with van der Waals surface area (Å²) in [4.78, 5) is 10.8. The van der Waals surface area contributed by atoms with Crippen molar-refractivity contribution in [3.63, 3.8) is 0 Å². The maximum Gasteiger partial charge on any atom is 0.152 e. The van der Waals surface area contributed by atoms with E-state index in [0.29, 0.717) is 0 Å². The summed E-state index contributed by atoms with van der Waals surface area (Å²) in [5, 5.41) is 0. The first-order chi connectivity index (χ1) is 6.11. The average molecular weight is 174 g/mol. The molecule has 68 valence electrons. The molecule has 0 aliphatic carbocycles. The highest BCUT2D eigenvalue weighted by atomic mass is 16.1. The lowest BCUT2D eigenvalue weighted by Crippen LogP contribution is -1.87. The Kier molecular flexibility index (Phi) is 3.02. The summed E-state index contributed by atoms with van der Waals surface area (Å²) in [6.45, 7) is 5.66. The molecule has 0 aliphatic rings. The van der Waals surface area contributed by atoms with E-state index in [1.807, 2.05) is 38.1 Å². The van der Waals surface area contributed by atoms with Gasteiger partial charge in [0.05, 0.1) is 0 Å². The first-order valence-corrected chi connectivity index (χ1v) is 4.36. The van der Waals surface area contributed by atoms with Crippen LogP contribution in [0.3, 0.4) is 0 Å². The van der Waals surface area contributed by atoms with E-state index >= 15 is 0 Å². The third-order valence-electron chi connectivity index (χ3n) is 2.03. The normalized spacial score (nSPS) is 10.7. The highest BCUT2D eigenvalue weighted by molar-refractivity contribution is 5.91. The Hall–Kier alpha value is -1.37. The second kappa shape index (κ2) is 4.04. The number of rotatable bonds is 2. The second-order valence-corrected chi connectivity index (χ2v) is 3.25. The third kappa shape index (κ3) is 2.55. The van der Waals surface area contributed by atoms with Gasteiger partial charge in [-0.15, -0.1) is 0 Å². The van der Waals surface area contributed by atoms with Gasteiger partial charge >= 0.3 is 0 Å². The molecule has 1 aromatic rings. The topological polar surface area (TPSA) is 17.1 Å². The molecule has 0 amide bonds. The van der Waals surface area contributed by atoms with Crippen molar-refractivity contribution in [2.45, 2.75) is 20.8 Å². The standard InChI is InChI=1S/C12H14O/c1-9-5-4-6-10(2)12(9)8-7-11(3)13/h4-8H,1-3H3/b8-7-. The number of hydrogen-bond donors (Lipinski definition) is 0. The fourth-order valence-corrected chi connectivity index (χ4v) is 1.29. The van der Waals surface area contributed by atoms with Crippen molar-refractivity contribution in [2.24, 2.45) is 0 Å². The number of allylic oxidation sites excluding steroid dienone is 1. The van der Waals surface area contributed by atoms with E-state index in [2.05, 4.69) is 0 Å². The number of ketones is 1. The number of benzene rings is 1. The molecular weight excluding hydrogens is 160 g/mol. The van der Waals surface area contributed by atoms with Crippen LogP contribution < -0.4 is 0 Å². The lowest BCUT2D eigenvalue weighted by atomic mass is 10.0. The second-order valence-electron chi connectivity index (χ2n) is 3.25. The van der Waals surface area contributed by atoms with Crippen LogP contribution in [0.5, 0.6) is 0 Å². The molecule has 0 heterocycles. The summed E-state index contributed by atoms with van der Waals surface area (Å²) in [5.74, 6) is 0.0858. The van der Waals surface area contributed by atoms with Gasteiger partial charge in [-0.05, 0) is 43.5 Å². The number of carbonyl (C=O) groups is 1. The van der Waals surface area contributed by atoms with Crippen LogP contribution >= 0.6 is 0 Å². The Morgan fingerprint density at radius 1 is 1.23 bits per heavy atom. The highest BCUT2D eigenvalue weighted by Crippen LogP contribution is 2.14. The van der Waals surface area contributed by atoms with Crippen molar-refractivity contribution in [1.82, 2.24) is 0 Å². The van der Waals surface area contributed by atoms with Crippen LogP contribution in [-0.4, -0.2) is 5.78 Å². The summed E-state index contributed by atoms with van der Waals surface area (Å²) < 4.78 is 0. The Bertz CT molecular complexity index is 328. The van der Waals surface area contributed by atoms with Crippen LogP contribution in [0.25, 0.3) is 6.08 Å². The van der Waals surface area contributed by atoms with E-state index < -0.39 is 0 Å². The molecule has 0 fully saturated rings. The highest BCUT2D eigenvalue weighted by Gasteiger charge is 1.96. The van der Waals surface area contributed by atoms with Gasteiger partial charge in [-0.1, -0.05) is 24.3 Å². The molecule has 0 N–H and O–H groups in total. The van der Waals surface area contributed by atoms with Gasteiger partial charge in [0.25, 0.3) is 0 Å². The molecule has 0 saturated heterocycles. The van der Waals surface area contributed by atoms with E-state index in [0.717, 1.165) is 5.56 Å². The zero-order valence-electron chi connectivity index (χ0n) is 8.29. The maximum atomic E-state index is 10.8. The van der Waals surface area contributed by atoms with Gasteiger partial charge in [-0.2, -0.15) is 0 Å². The van der Waals surface area contributed by atoms with Crippen LogP contribution in [0.1, 0.15) is 23.6 Å². The van der Waals surface area contributed by atoms with E-state index in [9.17, 15) is 4.79 Å². The molecular formula is C12H14O. The van der Waals surface area contributed by atoms with Gasteiger partial charge in [0.1, 0.15) is 0 Å². The molecule has 0 atom stereocenters. The van der Waals surface area contributed by atoms with E-state index in [1.54, 1.807) is 13.0 Å². The molecule has 0 radical (unpaired) electrons. The SMILES string of the molecule is CC(=O)/C=C\c1c(C)cccc1C. The van der Waals surface area contributed by atoms with Crippen LogP contribution in [0.15, 0.2) is 24.3 Å². The first kappa shape index (κ1) is 9.72. The first-order valence-electron chi connectivity index (χ1n) is 4.36. The van der Waals surface area contributed by atoms with Gasteiger partial charge < -0.3 is 0 Å². The fourth-order valence-electron chi connectivity index (χ4n) is 1.29.